The van der Waals surface area contributed by atoms with Crippen molar-refractivity contribution in [2.24, 2.45) is 0 Å². The van der Waals surface area contributed by atoms with Gasteiger partial charge in [-0.3, -0.25) is 4.79 Å². The van der Waals surface area contributed by atoms with E-state index in [1.54, 1.807) is 13.8 Å². The molecule has 108 valence electrons. The molecular weight excluding hydrogens is 254 g/mol. The van der Waals surface area contributed by atoms with Gasteiger partial charge in [-0.15, -0.1) is 0 Å². The van der Waals surface area contributed by atoms with Gasteiger partial charge in [0.05, 0.1) is 12.8 Å². The summed E-state index contributed by atoms with van der Waals surface area (Å²) in [4.78, 5) is 11.4. The Morgan fingerprint density at radius 1 is 1.28 bits per heavy atom. The van der Waals surface area contributed by atoms with E-state index in [2.05, 4.69) is 22.3 Å². The Bertz CT molecular complexity index is 353. The molecule has 0 saturated heterocycles. The summed E-state index contributed by atoms with van der Waals surface area (Å²) in [6.45, 7) is 6.84. The summed E-state index contributed by atoms with van der Waals surface area (Å²) in [6.07, 6.45) is 3.12. The Kier molecular flexibility index (Phi) is 7.42. The van der Waals surface area contributed by atoms with Crippen molar-refractivity contribution < 1.29 is 13.2 Å². The molecule has 7 heteroatoms. The third-order valence-electron chi connectivity index (χ3n) is 2.17. The number of hydrogen-bond donors (Lipinski definition) is 3. The molecule has 0 spiro atoms. The van der Waals surface area contributed by atoms with Crippen LogP contribution in [-0.4, -0.2) is 45.8 Å². The van der Waals surface area contributed by atoms with Crippen LogP contribution in [0, 0.1) is 0 Å². The Balaban J connectivity index is 3.85. The summed E-state index contributed by atoms with van der Waals surface area (Å²) >= 11 is 0. The van der Waals surface area contributed by atoms with Crippen LogP contribution in [0.15, 0.2) is 0 Å². The van der Waals surface area contributed by atoms with Crippen LogP contribution in [0.1, 0.15) is 33.6 Å². The Morgan fingerprint density at radius 3 is 2.39 bits per heavy atom. The average molecular weight is 279 g/mol. The van der Waals surface area contributed by atoms with Gasteiger partial charge in [-0.05, 0) is 20.3 Å². The van der Waals surface area contributed by atoms with Gasteiger partial charge in [0.15, 0.2) is 0 Å². The molecule has 0 aromatic carbocycles. The number of carbonyl (C=O) groups excluding carboxylic acids is 1. The van der Waals surface area contributed by atoms with Gasteiger partial charge in [0.1, 0.15) is 0 Å². The zero-order chi connectivity index (χ0) is 14.2. The monoisotopic (exact) mass is 279 g/mol. The lowest BCUT2D eigenvalue weighted by Crippen LogP contribution is -2.51. The Labute approximate surface area is 110 Å². The van der Waals surface area contributed by atoms with Crippen molar-refractivity contribution in [1.29, 1.82) is 0 Å². The topological polar surface area (TPSA) is 87.3 Å². The van der Waals surface area contributed by atoms with Crippen molar-refractivity contribution in [1.82, 2.24) is 15.4 Å². The van der Waals surface area contributed by atoms with Crippen LogP contribution >= 0.6 is 0 Å². The second kappa shape index (κ2) is 7.70. The van der Waals surface area contributed by atoms with Crippen LogP contribution in [0.2, 0.25) is 0 Å². The molecular formula is C11H25N3O3S. The first-order valence-electron chi connectivity index (χ1n) is 6.12. The molecule has 0 radical (unpaired) electrons. The maximum Gasteiger partial charge on any atom is 0.233 e. The summed E-state index contributed by atoms with van der Waals surface area (Å²) in [5.41, 5.74) is -0.614. The highest BCUT2D eigenvalue weighted by atomic mass is 32.2. The zero-order valence-corrected chi connectivity index (χ0v) is 12.5. The maximum atomic E-state index is 11.4. The molecule has 6 nitrogen and oxygen atoms in total. The minimum absolute atomic E-state index is 0.0707. The Morgan fingerprint density at radius 2 is 1.89 bits per heavy atom. The first-order chi connectivity index (χ1) is 8.16. The van der Waals surface area contributed by atoms with E-state index >= 15 is 0 Å². The van der Waals surface area contributed by atoms with Gasteiger partial charge >= 0.3 is 0 Å². The highest BCUT2D eigenvalue weighted by Gasteiger charge is 2.21. The molecule has 1 amide bonds. The number of unbranched alkanes of at least 4 members (excludes halogenated alkanes) is 1. The Hall–Kier alpha value is -0.660. The van der Waals surface area contributed by atoms with Gasteiger partial charge in [-0.1, -0.05) is 13.3 Å². The fourth-order valence-corrected chi connectivity index (χ4v) is 2.57. The predicted octanol–water partition coefficient (Wildman–Crippen LogP) is -0.180. The number of rotatable bonds is 9. The van der Waals surface area contributed by atoms with Crippen LogP contribution in [0.25, 0.3) is 0 Å². The summed E-state index contributed by atoms with van der Waals surface area (Å²) < 4.78 is 24.7. The number of amides is 1. The lowest BCUT2D eigenvalue weighted by molar-refractivity contribution is -0.120. The van der Waals surface area contributed by atoms with E-state index in [0.717, 1.165) is 19.1 Å². The van der Waals surface area contributed by atoms with E-state index in [1.807, 2.05) is 0 Å². The summed E-state index contributed by atoms with van der Waals surface area (Å²) in [5, 5.41) is 5.71. The fourth-order valence-electron chi connectivity index (χ4n) is 1.49. The molecule has 0 rings (SSSR count). The lowest BCUT2D eigenvalue weighted by Gasteiger charge is -2.25. The van der Waals surface area contributed by atoms with Gasteiger partial charge in [0.2, 0.25) is 15.9 Å². The SMILES string of the molecule is CCCCNC(=O)CNCC(C)(C)NS(C)(=O)=O. The van der Waals surface area contributed by atoms with Crippen LogP contribution in [0.3, 0.4) is 0 Å². The molecule has 0 aliphatic rings. The minimum Gasteiger partial charge on any atom is -0.355 e. The molecule has 0 aliphatic heterocycles. The van der Waals surface area contributed by atoms with Gasteiger partial charge < -0.3 is 10.6 Å². The van der Waals surface area contributed by atoms with Gasteiger partial charge in [-0.2, -0.15) is 0 Å². The van der Waals surface area contributed by atoms with Crippen molar-refractivity contribution in [3.63, 3.8) is 0 Å². The molecule has 0 aliphatic carbocycles. The quantitative estimate of drug-likeness (QED) is 0.511. The highest BCUT2D eigenvalue weighted by Crippen LogP contribution is 2.01. The minimum atomic E-state index is -3.24. The van der Waals surface area contributed by atoms with Crippen LogP contribution in [0.4, 0.5) is 0 Å². The number of carbonyl (C=O) groups is 1. The second-order valence-electron chi connectivity index (χ2n) is 5.07. The van der Waals surface area contributed by atoms with E-state index in [1.165, 1.54) is 0 Å². The largest absolute Gasteiger partial charge is 0.355 e. The van der Waals surface area contributed by atoms with E-state index in [9.17, 15) is 13.2 Å². The van der Waals surface area contributed by atoms with E-state index in [4.69, 9.17) is 0 Å². The third-order valence-corrected chi connectivity index (χ3v) is 3.09. The number of nitrogens with one attached hydrogen (secondary N) is 3. The summed E-state index contributed by atoms with van der Waals surface area (Å²) in [6, 6.07) is 0. The smallest absolute Gasteiger partial charge is 0.233 e. The molecule has 0 heterocycles. The molecule has 0 unspecified atom stereocenters. The lowest BCUT2D eigenvalue weighted by atomic mass is 10.1. The van der Waals surface area contributed by atoms with Gasteiger partial charge in [0.25, 0.3) is 0 Å². The van der Waals surface area contributed by atoms with Crippen molar-refractivity contribution in [2.75, 3.05) is 25.9 Å². The molecule has 0 aromatic rings. The molecule has 0 fully saturated rings. The van der Waals surface area contributed by atoms with Gasteiger partial charge in [0, 0.05) is 18.6 Å². The second-order valence-corrected chi connectivity index (χ2v) is 6.81. The van der Waals surface area contributed by atoms with Crippen LogP contribution in [-0.2, 0) is 14.8 Å². The zero-order valence-electron chi connectivity index (χ0n) is 11.7. The predicted molar refractivity (Wildman–Crippen MR) is 72.8 cm³/mol. The standard InChI is InChI=1S/C11H25N3O3S/c1-5-6-7-13-10(15)8-12-9-11(2,3)14-18(4,16)17/h12,14H,5-9H2,1-4H3,(H,13,15). The average Bonchev–Trinajstić information content (AvgIpc) is 2.13. The molecule has 0 aromatic heterocycles. The normalized spacial score (nSPS) is 12.4. The first-order valence-corrected chi connectivity index (χ1v) is 8.02. The van der Waals surface area contributed by atoms with E-state index in [0.29, 0.717) is 13.1 Å². The van der Waals surface area contributed by atoms with Crippen molar-refractivity contribution in [3.05, 3.63) is 0 Å². The molecule has 0 atom stereocenters. The van der Waals surface area contributed by atoms with Gasteiger partial charge in [-0.25, -0.2) is 13.1 Å². The molecule has 3 N–H and O–H groups in total. The summed E-state index contributed by atoms with van der Waals surface area (Å²) in [5.74, 6) is -0.0707. The molecule has 18 heavy (non-hydrogen) atoms. The highest BCUT2D eigenvalue weighted by molar-refractivity contribution is 7.88. The van der Waals surface area contributed by atoms with Crippen molar-refractivity contribution in [2.45, 2.75) is 39.2 Å². The van der Waals surface area contributed by atoms with Crippen LogP contribution < -0.4 is 15.4 Å². The third kappa shape index (κ3) is 10.5. The number of hydrogen-bond acceptors (Lipinski definition) is 4. The van der Waals surface area contributed by atoms with Crippen molar-refractivity contribution >= 4 is 15.9 Å². The number of sulfonamides is 1. The fraction of sp³-hybridized carbons (Fsp3) is 0.909. The molecule has 0 bridgehead atoms. The van der Waals surface area contributed by atoms with E-state index in [-0.39, 0.29) is 12.5 Å². The maximum absolute atomic E-state index is 11.4. The van der Waals surface area contributed by atoms with E-state index < -0.39 is 15.6 Å². The summed E-state index contributed by atoms with van der Waals surface area (Å²) in [7, 11) is -3.24. The van der Waals surface area contributed by atoms with Crippen molar-refractivity contribution in [3.8, 4) is 0 Å². The first kappa shape index (κ1) is 17.3. The molecule has 0 saturated carbocycles. The van der Waals surface area contributed by atoms with Crippen LogP contribution in [0.5, 0.6) is 0 Å².